The second-order valence-corrected chi connectivity index (χ2v) is 6.27. The van der Waals surface area contributed by atoms with E-state index in [2.05, 4.69) is 15.9 Å². The summed E-state index contributed by atoms with van der Waals surface area (Å²) in [7, 11) is 1.50. The predicted octanol–water partition coefficient (Wildman–Crippen LogP) is 1.29. The summed E-state index contributed by atoms with van der Waals surface area (Å²) in [5, 5.41) is 9.08. The molecule has 2 atom stereocenters. The molecule has 0 aromatic carbocycles. The Kier molecular flexibility index (Phi) is 4.90. The Hall–Kier alpha value is -1.83. The number of carbonyl (C=O) groups excluding carboxylic acids is 2. The van der Waals surface area contributed by atoms with Gasteiger partial charge in [-0.25, -0.2) is 0 Å². The van der Waals surface area contributed by atoms with Gasteiger partial charge < -0.3 is 19.3 Å². The number of amides is 2. The number of likely N-dealkylation sites (N-methyl/N-ethyl adjacent to an activating group) is 1. The van der Waals surface area contributed by atoms with Gasteiger partial charge in [0.05, 0.1) is 12.5 Å². The van der Waals surface area contributed by atoms with Crippen molar-refractivity contribution in [3.05, 3.63) is 22.6 Å². The number of carbonyl (C=O) groups is 3. The molecule has 1 N–H and O–H groups in total. The number of hydrogen-bond donors (Lipinski definition) is 1. The van der Waals surface area contributed by atoms with Crippen molar-refractivity contribution >= 4 is 33.7 Å². The molecular formula is C14H17BrN2O5. The first kappa shape index (κ1) is 16.5. The summed E-state index contributed by atoms with van der Waals surface area (Å²) in [6.45, 7) is 2.27. The van der Waals surface area contributed by atoms with Crippen molar-refractivity contribution in [3.8, 4) is 0 Å². The lowest BCUT2D eigenvalue weighted by atomic mass is 9.99. The van der Waals surface area contributed by atoms with Gasteiger partial charge in [0, 0.05) is 20.1 Å². The second kappa shape index (κ2) is 6.51. The summed E-state index contributed by atoms with van der Waals surface area (Å²) in [5.41, 5.74) is 0. The number of hydrogen-bond acceptors (Lipinski definition) is 4. The summed E-state index contributed by atoms with van der Waals surface area (Å²) in [5.74, 6) is -2.07. The van der Waals surface area contributed by atoms with Crippen molar-refractivity contribution in [2.45, 2.75) is 6.92 Å². The summed E-state index contributed by atoms with van der Waals surface area (Å²) in [4.78, 5) is 38.1. The summed E-state index contributed by atoms with van der Waals surface area (Å²) < 4.78 is 5.60. The zero-order chi connectivity index (χ0) is 16.4. The molecule has 0 unspecified atom stereocenters. The highest BCUT2D eigenvalue weighted by molar-refractivity contribution is 9.10. The molecule has 1 fully saturated rings. The first-order chi connectivity index (χ1) is 10.3. The van der Waals surface area contributed by atoms with Crippen LogP contribution in [0.15, 0.2) is 21.2 Å². The average molecular weight is 373 g/mol. The van der Waals surface area contributed by atoms with Gasteiger partial charge in [0.2, 0.25) is 5.91 Å². The molecular weight excluding hydrogens is 356 g/mol. The zero-order valence-electron chi connectivity index (χ0n) is 12.3. The SMILES string of the molecule is C[C@@H]1CN(C(=O)CN(C)C(=O)c2ccc(Br)o2)C[C@H]1C(=O)O. The third kappa shape index (κ3) is 3.49. The molecule has 0 saturated carbocycles. The lowest BCUT2D eigenvalue weighted by Crippen LogP contribution is -2.40. The highest BCUT2D eigenvalue weighted by atomic mass is 79.9. The van der Waals surface area contributed by atoms with Gasteiger partial charge in [0.1, 0.15) is 0 Å². The van der Waals surface area contributed by atoms with Crippen LogP contribution in [0.5, 0.6) is 0 Å². The standard InChI is InChI=1S/C14H17BrN2O5/c1-8-5-17(6-9(8)14(20)21)12(18)7-16(2)13(19)10-3-4-11(15)22-10/h3-4,8-9H,5-7H2,1-2H3,(H,20,21)/t8-,9-/m1/s1. The molecule has 2 heterocycles. The Morgan fingerprint density at radius 1 is 1.41 bits per heavy atom. The van der Waals surface area contributed by atoms with E-state index in [0.717, 1.165) is 0 Å². The van der Waals surface area contributed by atoms with Crippen molar-refractivity contribution in [3.63, 3.8) is 0 Å². The Morgan fingerprint density at radius 3 is 2.59 bits per heavy atom. The lowest BCUT2D eigenvalue weighted by molar-refractivity contribution is -0.142. The zero-order valence-corrected chi connectivity index (χ0v) is 13.9. The first-order valence-electron chi connectivity index (χ1n) is 6.81. The second-order valence-electron chi connectivity index (χ2n) is 5.49. The van der Waals surface area contributed by atoms with Crippen LogP contribution in [0.3, 0.4) is 0 Å². The van der Waals surface area contributed by atoms with Crippen molar-refractivity contribution in [1.82, 2.24) is 9.80 Å². The van der Waals surface area contributed by atoms with Crippen LogP contribution in [-0.2, 0) is 9.59 Å². The fraction of sp³-hybridized carbons (Fsp3) is 0.500. The van der Waals surface area contributed by atoms with E-state index >= 15 is 0 Å². The molecule has 1 aromatic heterocycles. The number of furan rings is 1. The molecule has 2 rings (SSSR count). The van der Waals surface area contributed by atoms with Crippen LogP contribution in [0.2, 0.25) is 0 Å². The van der Waals surface area contributed by atoms with E-state index in [1.54, 1.807) is 13.0 Å². The van der Waals surface area contributed by atoms with E-state index in [9.17, 15) is 14.4 Å². The van der Waals surface area contributed by atoms with Crippen LogP contribution >= 0.6 is 15.9 Å². The topological polar surface area (TPSA) is 91.1 Å². The maximum atomic E-state index is 12.2. The van der Waals surface area contributed by atoms with E-state index in [0.29, 0.717) is 11.2 Å². The van der Waals surface area contributed by atoms with Crippen LogP contribution in [0.4, 0.5) is 0 Å². The van der Waals surface area contributed by atoms with E-state index < -0.39 is 17.8 Å². The minimum atomic E-state index is -0.896. The van der Waals surface area contributed by atoms with E-state index in [-0.39, 0.29) is 30.7 Å². The normalized spacial score (nSPS) is 21.0. The van der Waals surface area contributed by atoms with Crippen molar-refractivity contribution < 1.29 is 23.9 Å². The smallest absolute Gasteiger partial charge is 0.308 e. The van der Waals surface area contributed by atoms with E-state index in [1.807, 2.05) is 0 Å². The van der Waals surface area contributed by atoms with Crippen LogP contribution in [0.1, 0.15) is 17.5 Å². The number of carboxylic acids is 1. The van der Waals surface area contributed by atoms with E-state index in [1.165, 1.54) is 22.9 Å². The van der Waals surface area contributed by atoms with Gasteiger partial charge >= 0.3 is 5.97 Å². The molecule has 1 aromatic rings. The highest BCUT2D eigenvalue weighted by Gasteiger charge is 2.37. The van der Waals surface area contributed by atoms with E-state index in [4.69, 9.17) is 9.52 Å². The fourth-order valence-corrected chi connectivity index (χ4v) is 2.79. The molecule has 120 valence electrons. The maximum absolute atomic E-state index is 12.2. The molecule has 0 spiro atoms. The number of likely N-dealkylation sites (tertiary alicyclic amines) is 1. The Labute approximate surface area is 136 Å². The molecule has 1 saturated heterocycles. The number of aliphatic carboxylic acids is 1. The number of nitrogens with zero attached hydrogens (tertiary/aromatic N) is 2. The van der Waals surface area contributed by atoms with Crippen molar-refractivity contribution in [2.75, 3.05) is 26.7 Å². The van der Waals surface area contributed by atoms with Crippen LogP contribution < -0.4 is 0 Å². The molecule has 0 aliphatic carbocycles. The Bertz CT molecular complexity index is 600. The van der Waals surface area contributed by atoms with Gasteiger partial charge in [-0.05, 0) is 34.0 Å². The lowest BCUT2D eigenvalue weighted by Gasteiger charge is -2.21. The largest absolute Gasteiger partial charge is 0.481 e. The first-order valence-corrected chi connectivity index (χ1v) is 7.60. The van der Waals surface area contributed by atoms with Gasteiger partial charge in [-0.15, -0.1) is 0 Å². The molecule has 8 heteroatoms. The number of halogens is 1. The van der Waals surface area contributed by atoms with Gasteiger partial charge in [0.25, 0.3) is 5.91 Å². The minimum absolute atomic E-state index is 0.0940. The van der Waals surface area contributed by atoms with Gasteiger partial charge in [0.15, 0.2) is 10.4 Å². The molecule has 1 aliphatic heterocycles. The van der Waals surface area contributed by atoms with Crippen LogP contribution in [-0.4, -0.2) is 59.4 Å². The third-order valence-electron chi connectivity index (χ3n) is 3.79. The predicted molar refractivity (Wildman–Crippen MR) is 80.2 cm³/mol. The monoisotopic (exact) mass is 372 g/mol. The Balaban J connectivity index is 1.94. The van der Waals surface area contributed by atoms with Crippen molar-refractivity contribution in [1.29, 1.82) is 0 Å². The average Bonchev–Trinajstić information content (AvgIpc) is 3.04. The van der Waals surface area contributed by atoms with Crippen LogP contribution in [0.25, 0.3) is 0 Å². The molecule has 0 radical (unpaired) electrons. The summed E-state index contributed by atoms with van der Waals surface area (Å²) >= 11 is 3.11. The number of carboxylic acid groups (broad SMARTS) is 1. The van der Waals surface area contributed by atoms with Gasteiger partial charge in [-0.1, -0.05) is 6.92 Å². The van der Waals surface area contributed by atoms with Crippen LogP contribution in [0, 0.1) is 11.8 Å². The molecule has 0 bridgehead atoms. The van der Waals surface area contributed by atoms with Gasteiger partial charge in [-0.3, -0.25) is 14.4 Å². The third-order valence-corrected chi connectivity index (χ3v) is 4.21. The van der Waals surface area contributed by atoms with Crippen molar-refractivity contribution in [2.24, 2.45) is 11.8 Å². The molecule has 22 heavy (non-hydrogen) atoms. The maximum Gasteiger partial charge on any atom is 0.308 e. The Morgan fingerprint density at radius 2 is 2.09 bits per heavy atom. The molecule has 2 amide bonds. The number of rotatable bonds is 4. The fourth-order valence-electron chi connectivity index (χ4n) is 2.48. The van der Waals surface area contributed by atoms with Gasteiger partial charge in [-0.2, -0.15) is 0 Å². The summed E-state index contributed by atoms with van der Waals surface area (Å²) in [6, 6.07) is 3.12. The minimum Gasteiger partial charge on any atom is -0.481 e. The highest BCUT2D eigenvalue weighted by Crippen LogP contribution is 2.23. The molecule has 1 aliphatic rings. The quantitative estimate of drug-likeness (QED) is 0.859. The summed E-state index contributed by atoms with van der Waals surface area (Å²) in [6.07, 6.45) is 0. The molecule has 7 nitrogen and oxygen atoms in total.